The molecule has 2 heterocycles. The second kappa shape index (κ2) is 8.76. The molecule has 1 unspecified atom stereocenters. The van der Waals surface area contributed by atoms with Crippen molar-refractivity contribution in [3.63, 3.8) is 0 Å². The fourth-order valence-corrected chi connectivity index (χ4v) is 3.71. The maximum Gasteiger partial charge on any atom is 0.191 e. The van der Waals surface area contributed by atoms with E-state index in [1.165, 1.54) is 5.56 Å². The highest BCUT2D eigenvalue weighted by Crippen LogP contribution is 2.30. The van der Waals surface area contributed by atoms with Gasteiger partial charge in [-0.05, 0) is 47.9 Å². The molecule has 1 atom stereocenters. The standard InChI is InChI=1S/C19H26N4OS/c1-3-20-19(21-12-15-9-11-25-14-15)22-16-8-10-23(13-16)17-6-4-5-7-18(17)24-2/h4-7,9,11,14,16H,3,8,10,12-13H2,1-2H3,(H2,20,21,22). The molecule has 6 heteroatoms. The molecule has 0 amide bonds. The van der Waals surface area contributed by atoms with Gasteiger partial charge in [0.05, 0.1) is 19.3 Å². The second-order valence-electron chi connectivity index (χ2n) is 6.07. The zero-order valence-corrected chi connectivity index (χ0v) is 15.7. The zero-order chi connectivity index (χ0) is 17.5. The van der Waals surface area contributed by atoms with Crippen LogP contribution in [0.1, 0.15) is 18.9 Å². The number of ether oxygens (including phenoxy) is 1. The maximum absolute atomic E-state index is 5.50. The van der Waals surface area contributed by atoms with Crippen LogP contribution < -0.4 is 20.3 Å². The average Bonchev–Trinajstić information content (AvgIpc) is 3.32. The summed E-state index contributed by atoms with van der Waals surface area (Å²) in [6.45, 7) is 5.63. The molecule has 134 valence electrons. The molecule has 0 saturated carbocycles. The summed E-state index contributed by atoms with van der Waals surface area (Å²) in [6.07, 6.45) is 1.08. The van der Waals surface area contributed by atoms with Gasteiger partial charge in [0.25, 0.3) is 0 Å². The average molecular weight is 359 g/mol. The van der Waals surface area contributed by atoms with Gasteiger partial charge in [-0.2, -0.15) is 11.3 Å². The van der Waals surface area contributed by atoms with Gasteiger partial charge in [0.2, 0.25) is 0 Å². The Morgan fingerprint density at radius 2 is 2.24 bits per heavy atom. The van der Waals surface area contributed by atoms with E-state index >= 15 is 0 Å². The number of rotatable bonds is 6. The van der Waals surface area contributed by atoms with E-state index in [1.54, 1.807) is 18.4 Å². The number of aliphatic imine (C=N–C) groups is 1. The van der Waals surface area contributed by atoms with Gasteiger partial charge in [0, 0.05) is 25.7 Å². The third-order valence-corrected chi connectivity index (χ3v) is 5.03. The molecule has 3 rings (SSSR count). The van der Waals surface area contributed by atoms with Crippen molar-refractivity contribution in [2.24, 2.45) is 4.99 Å². The maximum atomic E-state index is 5.50. The van der Waals surface area contributed by atoms with Crippen LogP contribution in [0.3, 0.4) is 0 Å². The Bertz CT molecular complexity index is 686. The van der Waals surface area contributed by atoms with Crippen LogP contribution in [0, 0.1) is 0 Å². The van der Waals surface area contributed by atoms with E-state index in [0.717, 1.165) is 43.5 Å². The fraction of sp³-hybridized carbons (Fsp3) is 0.421. The van der Waals surface area contributed by atoms with Crippen LogP contribution in [0.4, 0.5) is 5.69 Å². The van der Waals surface area contributed by atoms with Gasteiger partial charge in [-0.15, -0.1) is 0 Å². The van der Waals surface area contributed by atoms with Crippen molar-refractivity contribution >= 4 is 23.0 Å². The van der Waals surface area contributed by atoms with Crippen molar-refractivity contribution in [2.75, 3.05) is 31.6 Å². The number of benzene rings is 1. The van der Waals surface area contributed by atoms with Gasteiger partial charge in [-0.25, -0.2) is 4.99 Å². The van der Waals surface area contributed by atoms with Crippen LogP contribution in [0.25, 0.3) is 0 Å². The molecule has 0 radical (unpaired) electrons. The van der Waals surface area contributed by atoms with Gasteiger partial charge in [0.15, 0.2) is 5.96 Å². The van der Waals surface area contributed by atoms with Gasteiger partial charge < -0.3 is 20.3 Å². The van der Waals surface area contributed by atoms with E-state index in [9.17, 15) is 0 Å². The lowest BCUT2D eigenvalue weighted by atomic mass is 10.2. The summed E-state index contributed by atoms with van der Waals surface area (Å²) in [5.74, 6) is 1.82. The topological polar surface area (TPSA) is 48.9 Å². The monoisotopic (exact) mass is 358 g/mol. The first-order chi connectivity index (χ1) is 12.3. The van der Waals surface area contributed by atoms with E-state index in [0.29, 0.717) is 12.6 Å². The Kier molecular flexibility index (Phi) is 6.17. The van der Waals surface area contributed by atoms with Crippen LogP contribution >= 0.6 is 11.3 Å². The molecule has 1 aromatic heterocycles. The number of anilines is 1. The van der Waals surface area contributed by atoms with E-state index in [2.05, 4.69) is 51.4 Å². The first-order valence-electron chi connectivity index (χ1n) is 8.74. The number of thiophene rings is 1. The highest BCUT2D eigenvalue weighted by atomic mass is 32.1. The summed E-state index contributed by atoms with van der Waals surface area (Å²) in [7, 11) is 1.73. The molecule has 1 saturated heterocycles. The number of methoxy groups -OCH3 is 1. The van der Waals surface area contributed by atoms with Gasteiger partial charge in [0.1, 0.15) is 5.75 Å². The largest absolute Gasteiger partial charge is 0.495 e. The Morgan fingerprint density at radius 1 is 1.36 bits per heavy atom. The normalized spacial score (nSPS) is 17.6. The Hall–Kier alpha value is -2.21. The van der Waals surface area contributed by atoms with Crippen molar-refractivity contribution in [2.45, 2.75) is 25.9 Å². The Morgan fingerprint density at radius 3 is 3.00 bits per heavy atom. The molecule has 0 spiro atoms. The van der Waals surface area contributed by atoms with Crippen molar-refractivity contribution < 1.29 is 4.74 Å². The van der Waals surface area contributed by atoms with Crippen molar-refractivity contribution in [1.82, 2.24) is 10.6 Å². The molecule has 25 heavy (non-hydrogen) atoms. The van der Waals surface area contributed by atoms with Crippen LogP contribution in [0.2, 0.25) is 0 Å². The van der Waals surface area contributed by atoms with Crippen molar-refractivity contribution in [3.8, 4) is 5.75 Å². The van der Waals surface area contributed by atoms with Crippen molar-refractivity contribution in [3.05, 3.63) is 46.7 Å². The minimum Gasteiger partial charge on any atom is -0.495 e. The number of nitrogens with zero attached hydrogens (tertiary/aromatic N) is 2. The molecule has 2 aromatic rings. The molecule has 1 aromatic carbocycles. The SMILES string of the molecule is CCNC(=NCc1ccsc1)NC1CCN(c2ccccc2OC)C1. The van der Waals surface area contributed by atoms with E-state index in [-0.39, 0.29) is 0 Å². The van der Waals surface area contributed by atoms with E-state index < -0.39 is 0 Å². The van der Waals surface area contributed by atoms with Gasteiger partial charge in [-0.1, -0.05) is 12.1 Å². The number of guanidine groups is 1. The summed E-state index contributed by atoms with van der Waals surface area (Å²) < 4.78 is 5.50. The summed E-state index contributed by atoms with van der Waals surface area (Å²) in [5.41, 5.74) is 2.42. The highest BCUT2D eigenvalue weighted by Gasteiger charge is 2.25. The van der Waals surface area contributed by atoms with E-state index in [1.807, 2.05) is 12.1 Å². The third kappa shape index (κ3) is 4.66. The Labute approximate surface area is 153 Å². The van der Waals surface area contributed by atoms with Gasteiger partial charge >= 0.3 is 0 Å². The summed E-state index contributed by atoms with van der Waals surface area (Å²) in [5, 5.41) is 11.2. The predicted molar refractivity (Wildman–Crippen MR) is 106 cm³/mol. The van der Waals surface area contributed by atoms with Crippen LogP contribution in [0.5, 0.6) is 5.75 Å². The highest BCUT2D eigenvalue weighted by molar-refractivity contribution is 7.07. The molecular formula is C19H26N4OS. The molecule has 0 bridgehead atoms. The summed E-state index contributed by atoms with van der Waals surface area (Å²) in [6, 6.07) is 10.7. The summed E-state index contributed by atoms with van der Waals surface area (Å²) >= 11 is 1.71. The van der Waals surface area contributed by atoms with Crippen LogP contribution in [0.15, 0.2) is 46.1 Å². The number of para-hydroxylation sites is 2. The number of hydrogen-bond acceptors (Lipinski definition) is 4. The first kappa shape index (κ1) is 17.6. The number of nitrogens with one attached hydrogen (secondary N) is 2. The molecular weight excluding hydrogens is 332 g/mol. The molecule has 1 fully saturated rings. The first-order valence-corrected chi connectivity index (χ1v) is 9.68. The lowest BCUT2D eigenvalue weighted by molar-refractivity contribution is 0.415. The van der Waals surface area contributed by atoms with E-state index in [4.69, 9.17) is 9.73 Å². The molecule has 0 aliphatic carbocycles. The summed E-state index contributed by atoms with van der Waals surface area (Å²) in [4.78, 5) is 7.08. The quantitative estimate of drug-likeness (QED) is 0.615. The molecule has 5 nitrogen and oxygen atoms in total. The zero-order valence-electron chi connectivity index (χ0n) is 14.9. The lowest BCUT2D eigenvalue weighted by Crippen LogP contribution is -2.44. The molecule has 1 aliphatic heterocycles. The fourth-order valence-electron chi connectivity index (χ4n) is 3.05. The van der Waals surface area contributed by atoms with Gasteiger partial charge in [-0.3, -0.25) is 0 Å². The lowest BCUT2D eigenvalue weighted by Gasteiger charge is -2.22. The minimum absolute atomic E-state index is 0.380. The smallest absolute Gasteiger partial charge is 0.191 e. The second-order valence-corrected chi connectivity index (χ2v) is 6.85. The molecule has 1 aliphatic rings. The third-order valence-electron chi connectivity index (χ3n) is 4.30. The molecule has 2 N–H and O–H groups in total. The number of hydrogen-bond donors (Lipinski definition) is 2. The van der Waals surface area contributed by atoms with Crippen LogP contribution in [-0.2, 0) is 6.54 Å². The minimum atomic E-state index is 0.380. The van der Waals surface area contributed by atoms with Crippen LogP contribution in [-0.4, -0.2) is 38.7 Å². The Balaban J connectivity index is 1.61. The van der Waals surface area contributed by atoms with Crippen molar-refractivity contribution in [1.29, 1.82) is 0 Å². The predicted octanol–water partition coefficient (Wildman–Crippen LogP) is 3.09.